The molecule has 0 rings (SSSR count). The van der Waals surface area contributed by atoms with Gasteiger partial charge in [-0.05, 0) is 71.0 Å². The van der Waals surface area contributed by atoms with E-state index in [4.69, 9.17) is 4.74 Å². The number of rotatable bonds is 37. The van der Waals surface area contributed by atoms with Gasteiger partial charge in [0.25, 0.3) is 6.20 Å². The summed E-state index contributed by atoms with van der Waals surface area (Å²) in [4.78, 5) is 27.6. The number of unbranched alkanes of at least 4 members (excludes halogenated alkanes) is 19. The molecule has 0 bridgehead atoms. The molecule has 0 unspecified atom stereocenters. The Morgan fingerprint density at radius 1 is 0.646 bits per heavy atom. The number of nitrogens with one attached hydrogen (secondary N) is 1. The van der Waals surface area contributed by atoms with E-state index in [1.807, 2.05) is 14.1 Å². The molecule has 0 atom stereocenters. The minimum atomic E-state index is -0.401. The van der Waals surface area contributed by atoms with Crippen molar-refractivity contribution in [3.63, 3.8) is 0 Å². The maximum Gasteiger partial charge on any atom is 0.306 e. The highest BCUT2D eigenvalue weighted by molar-refractivity contribution is 5.69. The maximum atomic E-state index is 12.7. The first-order valence-corrected chi connectivity index (χ1v) is 20.5. The van der Waals surface area contributed by atoms with Crippen LogP contribution in [-0.2, 0) is 9.53 Å². The van der Waals surface area contributed by atoms with Gasteiger partial charge in [-0.3, -0.25) is 14.9 Å². The predicted octanol–water partition coefficient (Wildman–Crippen LogP) is 11.0. The lowest BCUT2D eigenvalue weighted by Crippen LogP contribution is -2.32. The molecule has 48 heavy (non-hydrogen) atoms. The summed E-state index contributed by atoms with van der Waals surface area (Å²) in [7, 11) is 3.64. The Morgan fingerprint density at radius 3 is 1.52 bits per heavy atom. The fourth-order valence-corrected chi connectivity index (χ4v) is 6.34. The average Bonchev–Trinajstić information content (AvgIpc) is 3.05. The molecule has 0 aliphatic carbocycles. The Bertz CT molecular complexity index is 746. The van der Waals surface area contributed by atoms with Crippen LogP contribution in [0.4, 0.5) is 0 Å². The van der Waals surface area contributed by atoms with Gasteiger partial charge in [0.15, 0.2) is 5.82 Å². The molecule has 0 aromatic rings. The van der Waals surface area contributed by atoms with Crippen molar-refractivity contribution in [1.82, 2.24) is 15.1 Å². The number of esters is 1. The summed E-state index contributed by atoms with van der Waals surface area (Å²) >= 11 is 0. The number of nitrogens with zero attached hydrogens (tertiary/aromatic N) is 3. The molecule has 284 valence electrons. The zero-order valence-electron chi connectivity index (χ0n) is 32.5. The fraction of sp³-hybridized carbons (Fsp3) is 0.925. The van der Waals surface area contributed by atoms with E-state index < -0.39 is 4.92 Å². The summed E-state index contributed by atoms with van der Waals surface area (Å²) in [6, 6.07) is 0. The highest BCUT2D eigenvalue weighted by atomic mass is 16.6. The molecule has 0 aromatic carbocycles. The van der Waals surface area contributed by atoms with Crippen LogP contribution in [0.1, 0.15) is 194 Å². The van der Waals surface area contributed by atoms with Gasteiger partial charge in [-0.25, -0.2) is 0 Å². The number of hydrogen-bond donors (Lipinski definition) is 1. The van der Waals surface area contributed by atoms with Crippen molar-refractivity contribution < 1.29 is 14.5 Å². The van der Waals surface area contributed by atoms with E-state index in [0.29, 0.717) is 12.2 Å². The standard InChI is InChI=1S/C40H80N4O4/c1-6-9-12-15-19-24-30-38(31-25-20-16-13-10-7-2)48-40(45)32-26-21-18-23-28-35-43(34-27-22-17-14-11-8-3)36-29-33-41-39(42(4)5)37-44(46)47/h37-38,41H,6-36H2,1-5H3/b39-37-. The van der Waals surface area contributed by atoms with Gasteiger partial charge in [-0.1, -0.05) is 136 Å². The second kappa shape index (κ2) is 35.0. The van der Waals surface area contributed by atoms with E-state index in [9.17, 15) is 14.9 Å². The maximum absolute atomic E-state index is 12.7. The molecule has 0 fully saturated rings. The van der Waals surface area contributed by atoms with Gasteiger partial charge >= 0.3 is 5.97 Å². The first kappa shape index (κ1) is 46.2. The van der Waals surface area contributed by atoms with Crippen LogP contribution in [-0.4, -0.2) is 67.1 Å². The van der Waals surface area contributed by atoms with Crippen molar-refractivity contribution in [2.45, 2.75) is 200 Å². The lowest BCUT2D eigenvalue weighted by molar-refractivity contribution is -0.404. The summed E-state index contributed by atoms with van der Waals surface area (Å²) in [6.45, 7) is 10.7. The third-order valence-corrected chi connectivity index (χ3v) is 9.41. The second-order valence-corrected chi connectivity index (χ2v) is 14.3. The van der Waals surface area contributed by atoms with E-state index in [-0.39, 0.29) is 12.1 Å². The van der Waals surface area contributed by atoms with E-state index in [0.717, 1.165) is 70.9 Å². The van der Waals surface area contributed by atoms with Crippen LogP contribution in [0.2, 0.25) is 0 Å². The predicted molar refractivity (Wildman–Crippen MR) is 205 cm³/mol. The smallest absolute Gasteiger partial charge is 0.306 e. The third kappa shape index (κ3) is 31.4. The Balaban J connectivity index is 4.46. The summed E-state index contributed by atoms with van der Waals surface area (Å²) in [5, 5.41) is 14.2. The van der Waals surface area contributed by atoms with Crippen LogP contribution in [0.3, 0.4) is 0 Å². The van der Waals surface area contributed by atoms with Crippen molar-refractivity contribution in [2.24, 2.45) is 0 Å². The van der Waals surface area contributed by atoms with Crippen LogP contribution < -0.4 is 5.32 Å². The fourth-order valence-electron chi connectivity index (χ4n) is 6.34. The number of ether oxygens (including phenoxy) is 1. The Labute approximate surface area is 297 Å². The first-order valence-electron chi connectivity index (χ1n) is 20.5. The van der Waals surface area contributed by atoms with Crippen LogP contribution in [0, 0.1) is 10.1 Å². The monoisotopic (exact) mass is 681 g/mol. The van der Waals surface area contributed by atoms with Crippen molar-refractivity contribution >= 4 is 5.97 Å². The van der Waals surface area contributed by atoms with Crippen LogP contribution in [0.5, 0.6) is 0 Å². The molecule has 0 radical (unpaired) electrons. The normalized spacial score (nSPS) is 11.9. The Hall–Kier alpha value is -1.83. The Kier molecular flexibility index (Phi) is 33.7. The lowest BCUT2D eigenvalue weighted by atomic mass is 10.0. The van der Waals surface area contributed by atoms with E-state index in [1.54, 1.807) is 4.90 Å². The lowest BCUT2D eigenvalue weighted by Gasteiger charge is -2.23. The van der Waals surface area contributed by atoms with Crippen LogP contribution in [0.15, 0.2) is 12.0 Å². The van der Waals surface area contributed by atoms with Gasteiger partial charge in [0.2, 0.25) is 0 Å². The molecule has 0 saturated heterocycles. The van der Waals surface area contributed by atoms with Gasteiger partial charge in [-0.15, -0.1) is 0 Å². The van der Waals surface area contributed by atoms with Crippen molar-refractivity contribution in [3.8, 4) is 0 Å². The molecule has 0 spiro atoms. The quantitative estimate of drug-likeness (QED) is 0.0302. The topological polar surface area (TPSA) is 87.9 Å². The van der Waals surface area contributed by atoms with Crippen molar-refractivity contribution in [1.29, 1.82) is 0 Å². The van der Waals surface area contributed by atoms with Gasteiger partial charge in [0, 0.05) is 27.1 Å². The minimum absolute atomic E-state index is 0.0150. The largest absolute Gasteiger partial charge is 0.462 e. The number of carbonyl (C=O) groups is 1. The molecule has 0 aromatic heterocycles. The van der Waals surface area contributed by atoms with Gasteiger partial charge in [0.05, 0.1) is 4.92 Å². The number of nitro groups is 1. The SMILES string of the molecule is CCCCCCCCC(CCCCCCCC)OC(=O)CCCCCCCN(CCCCCCCC)CCCN/C(=C/[N+](=O)[O-])N(C)C. The van der Waals surface area contributed by atoms with E-state index >= 15 is 0 Å². The molecule has 0 amide bonds. The van der Waals surface area contributed by atoms with E-state index in [2.05, 4.69) is 31.0 Å². The molecule has 0 aliphatic rings. The average molecular weight is 681 g/mol. The molecule has 0 heterocycles. The molecule has 0 aliphatic heterocycles. The van der Waals surface area contributed by atoms with Crippen molar-refractivity contribution in [3.05, 3.63) is 22.1 Å². The first-order chi connectivity index (χ1) is 23.3. The summed E-state index contributed by atoms with van der Waals surface area (Å²) in [5.74, 6) is 0.554. The molecule has 8 nitrogen and oxygen atoms in total. The molecule has 8 heteroatoms. The summed E-state index contributed by atoms with van der Waals surface area (Å²) < 4.78 is 6.04. The Morgan fingerprint density at radius 2 is 1.06 bits per heavy atom. The second-order valence-electron chi connectivity index (χ2n) is 14.3. The van der Waals surface area contributed by atoms with Gasteiger partial charge < -0.3 is 19.9 Å². The summed E-state index contributed by atoms with van der Waals surface area (Å²) in [6.07, 6.45) is 33.4. The highest BCUT2D eigenvalue weighted by Crippen LogP contribution is 2.18. The molecular weight excluding hydrogens is 600 g/mol. The zero-order chi connectivity index (χ0) is 35.5. The van der Waals surface area contributed by atoms with Crippen molar-refractivity contribution in [2.75, 3.05) is 40.3 Å². The number of hydrogen-bond acceptors (Lipinski definition) is 7. The molecule has 0 saturated carbocycles. The third-order valence-electron chi connectivity index (χ3n) is 9.41. The van der Waals surface area contributed by atoms with Crippen LogP contribution >= 0.6 is 0 Å². The zero-order valence-corrected chi connectivity index (χ0v) is 32.5. The van der Waals surface area contributed by atoms with E-state index in [1.165, 1.54) is 128 Å². The molecule has 1 N–H and O–H groups in total. The minimum Gasteiger partial charge on any atom is -0.462 e. The highest BCUT2D eigenvalue weighted by Gasteiger charge is 2.14. The van der Waals surface area contributed by atoms with Crippen LogP contribution in [0.25, 0.3) is 0 Å². The molecular formula is C40H80N4O4. The van der Waals surface area contributed by atoms with Gasteiger partial charge in [-0.2, -0.15) is 0 Å². The number of carbonyl (C=O) groups excluding carboxylic acids is 1. The summed E-state index contributed by atoms with van der Waals surface area (Å²) in [5.41, 5.74) is 0. The van der Waals surface area contributed by atoms with Gasteiger partial charge in [0.1, 0.15) is 6.10 Å².